The zero-order valence-corrected chi connectivity index (χ0v) is 28.2. The van der Waals surface area contributed by atoms with Gasteiger partial charge in [-0.2, -0.15) is 0 Å². The van der Waals surface area contributed by atoms with Gasteiger partial charge in [0.05, 0.1) is 37.8 Å². The lowest BCUT2D eigenvalue weighted by molar-refractivity contribution is 0.0830. The van der Waals surface area contributed by atoms with Crippen LogP contribution in [-0.2, 0) is 23.0 Å². The minimum absolute atomic E-state index is 0. The van der Waals surface area contributed by atoms with Gasteiger partial charge in [-0.25, -0.2) is 8.42 Å². The molecule has 0 bridgehead atoms. The zero-order chi connectivity index (χ0) is 31.8. The van der Waals surface area contributed by atoms with Crippen LogP contribution in [0.1, 0.15) is 71.5 Å². The molecule has 2 atom stereocenters. The number of sulfonamides is 1. The molecule has 0 radical (unpaired) electrons. The summed E-state index contributed by atoms with van der Waals surface area (Å²) in [6, 6.07) is 20.3. The van der Waals surface area contributed by atoms with Crippen LogP contribution in [0.5, 0.6) is 11.5 Å². The molecular weight excluding hydrogens is 626 g/mol. The van der Waals surface area contributed by atoms with Gasteiger partial charge in [0, 0.05) is 31.3 Å². The van der Waals surface area contributed by atoms with Crippen molar-refractivity contribution in [2.75, 3.05) is 37.4 Å². The van der Waals surface area contributed by atoms with Crippen LogP contribution >= 0.6 is 12.4 Å². The van der Waals surface area contributed by atoms with Crippen molar-refractivity contribution in [3.8, 4) is 11.5 Å². The third kappa shape index (κ3) is 9.15. The fraction of sp³-hybridized carbons (Fsp3) is 0.457. The highest BCUT2D eigenvalue weighted by molar-refractivity contribution is 7.92. The Morgan fingerprint density at radius 1 is 0.935 bits per heavy atom. The number of ether oxygens (including phenoxy) is 2. The Kier molecular flexibility index (Phi) is 12.7. The highest BCUT2D eigenvalue weighted by atomic mass is 35.5. The lowest BCUT2D eigenvalue weighted by atomic mass is 9.94. The fourth-order valence-corrected chi connectivity index (χ4v) is 7.98. The molecule has 3 N–H and O–H groups in total. The maximum Gasteiger partial charge on any atom is 0.251 e. The van der Waals surface area contributed by atoms with E-state index in [0.29, 0.717) is 54.6 Å². The smallest absolute Gasteiger partial charge is 0.251 e. The molecule has 3 aromatic rings. The highest BCUT2D eigenvalue weighted by Crippen LogP contribution is 2.37. The zero-order valence-electron chi connectivity index (χ0n) is 26.6. The number of carbonyl (C=O) groups is 1. The average Bonchev–Trinajstić information content (AvgIpc) is 3.60. The Labute approximate surface area is 279 Å². The molecule has 1 aliphatic carbocycles. The fourth-order valence-electron chi connectivity index (χ4n) is 6.36. The molecule has 1 saturated heterocycles. The summed E-state index contributed by atoms with van der Waals surface area (Å²) in [6.45, 7) is 1.11. The molecule has 0 spiro atoms. The second-order valence-corrected chi connectivity index (χ2v) is 14.1. The Hall–Kier alpha value is -3.31. The molecule has 1 amide bonds. The Morgan fingerprint density at radius 3 is 2.28 bits per heavy atom. The summed E-state index contributed by atoms with van der Waals surface area (Å²) < 4.78 is 38.2. The van der Waals surface area contributed by atoms with E-state index >= 15 is 0 Å². The second kappa shape index (κ2) is 16.5. The van der Waals surface area contributed by atoms with E-state index in [1.165, 1.54) is 4.31 Å². The van der Waals surface area contributed by atoms with Crippen molar-refractivity contribution >= 4 is 34.0 Å². The van der Waals surface area contributed by atoms with Gasteiger partial charge in [-0.05, 0) is 85.0 Å². The SMILES string of the molecule is COc1cc(CNC[C@@H](O)[C@H](Cc2ccccc2)NC(=O)c2cc(C3CCCC3)cc(N3CCCCS3(=O)=O)c2)cc(OC)c1.Cl. The predicted molar refractivity (Wildman–Crippen MR) is 184 cm³/mol. The molecule has 3 aromatic carbocycles. The number of anilines is 1. The molecule has 9 nitrogen and oxygen atoms in total. The first-order valence-corrected chi connectivity index (χ1v) is 17.5. The number of amides is 1. The van der Waals surface area contributed by atoms with Gasteiger partial charge in [0.2, 0.25) is 10.0 Å². The van der Waals surface area contributed by atoms with E-state index < -0.39 is 22.2 Å². The van der Waals surface area contributed by atoms with E-state index in [2.05, 4.69) is 10.6 Å². The van der Waals surface area contributed by atoms with Crippen LogP contribution < -0.4 is 24.4 Å². The number of hydrogen-bond donors (Lipinski definition) is 3. The molecule has 1 heterocycles. The monoisotopic (exact) mass is 671 g/mol. The van der Waals surface area contributed by atoms with Crippen LogP contribution in [0, 0.1) is 0 Å². The van der Waals surface area contributed by atoms with Crippen molar-refractivity contribution in [1.29, 1.82) is 0 Å². The van der Waals surface area contributed by atoms with Gasteiger partial charge in [-0.3, -0.25) is 9.10 Å². The summed E-state index contributed by atoms with van der Waals surface area (Å²) in [5.74, 6) is 1.44. The highest BCUT2D eigenvalue weighted by Gasteiger charge is 2.29. The number of aliphatic hydroxyl groups is 1. The van der Waals surface area contributed by atoms with Crippen molar-refractivity contribution < 1.29 is 27.8 Å². The van der Waals surface area contributed by atoms with Crippen molar-refractivity contribution in [3.63, 3.8) is 0 Å². The third-order valence-electron chi connectivity index (χ3n) is 8.84. The average molecular weight is 672 g/mol. The number of benzene rings is 3. The largest absolute Gasteiger partial charge is 0.497 e. The standard InChI is InChI=1S/C35H45N3O6S.ClH/c1-43-31-16-26(17-32(22-31)44-2)23-36-24-34(39)33(18-25-10-4-3-5-11-25)37-35(40)29-19-28(27-12-6-7-13-27)20-30(21-29)38-14-8-9-15-45(38,41)42;/h3-5,10-11,16-17,19-22,27,33-34,36,39H,6-9,12-15,18,23-24H2,1-2H3,(H,37,40);1H/t33-,34+;/m0./s1. The van der Waals surface area contributed by atoms with E-state index in [-0.39, 0.29) is 30.6 Å². The Balaban J connectivity index is 0.00000480. The molecule has 250 valence electrons. The minimum atomic E-state index is -3.44. The van der Waals surface area contributed by atoms with Gasteiger partial charge >= 0.3 is 0 Å². The molecule has 1 aliphatic heterocycles. The topological polar surface area (TPSA) is 117 Å². The number of halogens is 1. The molecule has 2 aliphatic rings. The van der Waals surface area contributed by atoms with Gasteiger partial charge in [0.1, 0.15) is 11.5 Å². The second-order valence-electron chi connectivity index (χ2n) is 12.1. The van der Waals surface area contributed by atoms with Crippen molar-refractivity contribution in [2.45, 2.75) is 69.6 Å². The van der Waals surface area contributed by atoms with E-state index in [9.17, 15) is 18.3 Å². The van der Waals surface area contributed by atoms with Crippen molar-refractivity contribution in [3.05, 3.63) is 89.0 Å². The summed E-state index contributed by atoms with van der Waals surface area (Å²) >= 11 is 0. The molecule has 1 saturated carbocycles. The maximum absolute atomic E-state index is 13.9. The van der Waals surface area contributed by atoms with Crippen LogP contribution in [0.4, 0.5) is 5.69 Å². The lowest BCUT2D eigenvalue weighted by Gasteiger charge is -2.30. The van der Waals surface area contributed by atoms with E-state index in [4.69, 9.17) is 9.47 Å². The number of carbonyl (C=O) groups excluding carboxylic acids is 1. The number of hydrogen-bond acceptors (Lipinski definition) is 7. The van der Waals surface area contributed by atoms with Crippen LogP contribution in [0.15, 0.2) is 66.7 Å². The van der Waals surface area contributed by atoms with Gasteiger partial charge < -0.3 is 25.2 Å². The number of methoxy groups -OCH3 is 2. The lowest BCUT2D eigenvalue weighted by Crippen LogP contribution is -2.48. The third-order valence-corrected chi connectivity index (χ3v) is 10.7. The van der Waals surface area contributed by atoms with Crippen LogP contribution in [-0.4, -0.2) is 64.6 Å². The molecule has 0 aromatic heterocycles. The molecular formula is C35H46ClN3O6S. The molecule has 2 fully saturated rings. The Bertz CT molecular complexity index is 1530. The first kappa shape index (κ1) is 35.5. The van der Waals surface area contributed by atoms with Gasteiger partial charge in [-0.15, -0.1) is 12.4 Å². The summed E-state index contributed by atoms with van der Waals surface area (Å²) in [5.41, 5.74) is 3.90. The van der Waals surface area contributed by atoms with E-state index in [1.54, 1.807) is 26.4 Å². The summed E-state index contributed by atoms with van der Waals surface area (Å²) in [6.07, 6.45) is 5.26. The van der Waals surface area contributed by atoms with Crippen molar-refractivity contribution in [1.82, 2.24) is 10.6 Å². The summed E-state index contributed by atoms with van der Waals surface area (Å²) in [4.78, 5) is 13.9. The summed E-state index contributed by atoms with van der Waals surface area (Å²) in [7, 11) is -0.238. The first-order chi connectivity index (χ1) is 21.8. The number of nitrogens with one attached hydrogen (secondary N) is 2. The van der Waals surface area contributed by atoms with Crippen molar-refractivity contribution in [2.24, 2.45) is 0 Å². The van der Waals surface area contributed by atoms with Crippen LogP contribution in [0.3, 0.4) is 0 Å². The minimum Gasteiger partial charge on any atom is -0.497 e. The number of aliphatic hydroxyl groups excluding tert-OH is 1. The molecule has 0 unspecified atom stereocenters. The maximum atomic E-state index is 13.9. The van der Waals surface area contributed by atoms with Gasteiger partial charge in [-0.1, -0.05) is 43.2 Å². The molecule has 11 heteroatoms. The van der Waals surface area contributed by atoms with E-state index in [1.807, 2.05) is 54.6 Å². The first-order valence-electron chi connectivity index (χ1n) is 15.9. The van der Waals surface area contributed by atoms with Gasteiger partial charge in [0.25, 0.3) is 5.91 Å². The van der Waals surface area contributed by atoms with Crippen LogP contribution in [0.25, 0.3) is 0 Å². The van der Waals surface area contributed by atoms with E-state index in [0.717, 1.165) is 48.8 Å². The summed E-state index contributed by atoms with van der Waals surface area (Å²) in [5, 5.41) is 17.8. The normalized spacial score (nSPS) is 17.5. The quantitative estimate of drug-likeness (QED) is 0.229. The number of rotatable bonds is 13. The number of nitrogens with zero attached hydrogens (tertiary/aromatic N) is 1. The van der Waals surface area contributed by atoms with Crippen LogP contribution in [0.2, 0.25) is 0 Å². The molecule has 5 rings (SSSR count). The van der Waals surface area contributed by atoms with Gasteiger partial charge in [0.15, 0.2) is 0 Å². The predicted octanol–water partition coefficient (Wildman–Crippen LogP) is 5.21. The Morgan fingerprint density at radius 2 is 1.63 bits per heavy atom. The molecule has 46 heavy (non-hydrogen) atoms.